The molecule has 4 N–H and O–H groups in total. The first kappa shape index (κ1) is 16.9. The number of rotatable bonds is 3. The number of H-pyrrole nitrogens is 2. The Morgan fingerprint density at radius 2 is 1.93 bits per heavy atom. The van der Waals surface area contributed by atoms with E-state index in [9.17, 15) is 0 Å². The normalized spacial score (nSPS) is 11.5. The number of pyridine rings is 2. The van der Waals surface area contributed by atoms with Crippen LogP contribution in [-0.2, 0) is 0 Å². The summed E-state index contributed by atoms with van der Waals surface area (Å²) < 4.78 is 0. The smallest absolute Gasteiger partial charge is 0.178 e. The highest BCUT2D eigenvalue weighted by atomic mass is 32.1. The number of aromatic amines is 2. The van der Waals surface area contributed by atoms with Crippen molar-refractivity contribution in [3.8, 4) is 33.8 Å². The van der Waals surface area contributed by atoms with E-state index in [0.29, 0.717) is 17.2 Å². The lowest BCUT2D eigenvalue weighted by molar-refractivity contribution is 1.10. The van der Waals surface area contributed by atoms with Crippen LogP contribution < -0.4 is 5.73 Å². The molecule has 0 saturated carbocycles. The summed E-state index contributed by atoms with van der Waals surface area (Å²) in [7, 11) is 0. The van der Waals surface area contributed by atoms with E-state index < -0.39 is 0 Å². The number of nitrogens with one attached hydrogen (secondary N) is 2. The third kappa shape index (κ3) is 2.66. The van der Waals surface area contributed by atoms with Crippen molar-refractivity contribution in [3.63, 3.8) is 0 Å². The predicted molar refractivity (Wildman–Crippen MR) is 120 cm³/mol. The molecule has 7 nitrogen and oxygen atoms in total. The number of anilines is 1. The summed E-state index contributed by atoms with van der Waals surface area (Å²) in [5.74, 6) is 0.675. The van der Waals surface area contributed by atoms with Gasteiger partial charge in [0.2, 0.25) is 0 Å². The molecule has 6 aromatic rings. The van der Waals surface area contributed by atoms with E-state index in [4.69, 9.17) is 10.7 Å². The quantitative estimate of drug-likeness (QED) is 0.386. The van der Waals surface area contributed by atoms with Crippen LogP contribution in [0.3, 0.4) is 0 Å². The minimum absolute atomic E-state index is 0.629. The second-order valence-electron chi connectivity index (χ2n) is 6.99. The average molecular weight is 409 g/mol. The zero-order chi connectivity index (χ0) is 20.1. The molecule has 0 bridgehead atoms. The molecule has 0 amide bonds. The molecule has 1 aromatic carbocycles. The van der Waals surface area contributed by atoms with Crippen LogP contribution in [0.1, 0.15) is 0 Å². The van der Waals surface area contributed by atoms with E-state index in [2.05, 4.69) is 48.0 Å². The summed E-state index contributed by atoms with van der Waals surface area (Å²) in [6, 6.07) is 12.1. The molecule has 0 atom stereocenters. The Kier molecular flexibility index (Phi) is 3.65. The van der Waals surface area contributed by atoms with Gasteiger partial charge in [0.25, 0.3) is 0 Å². The summed E-state index contributed by atoms with van der Waals surface area (Å²) in [6.07, 6.45) is 5.22. The number of nitrogens with zero attached hydrogens (tertiary/aromatic N) is 4. The van der Waals surface area contributed by atoms with Gasteiger partial charge in [-0.1, -0.05) is 6.07 Å². The Bertz CT molecular complexity index is 1510. The summed E-state index contributed by atoms with van der Waals surface area (Å²) in [5, 5.41) is 12.8. The summed E-state index contributed by atoms with van der Waals surface area (Å²) >= 11 is 1.66. The van der Waals surface area contributed by atoms with Gasteiger partial charge in [0.1, 0.15) is 5.69 Å². The fraction of sp³-hybridized carbons (Fsp3) is 0. The fourth-order valence-corrected chi connectivity index (χ4v) is 4.33. The van der Waals surface area contributed by atoms with Gasteiger partial charge >= 0.3 is 0 Å². The van der Waals surface area contributed by atoms with Gasteiger partial charge in [-0.15, -0.1) is 0 Å². The van der Waals surface area contributed by atoms with E-state index in [1.54, 1.807) is 29.9 Å². The Morgan fingerprint density at radius 1 is 0.967 bits per heavy atom. The van der Waals surface area contributed by atoms with Crippen molar-refractivity contribution in [1.82, 2.24) is 30.1 Å². The molecule has 0 radical (unpaired) electrons. The third-order valence-corrected chi connectivity index (χ3v) is 5.79. The fourth-order valence-electron chi connectivity index (χ4n) is 3.67. The van der Waals surface area contributed by atoms with E-state index in [-0.39, 0.29) is 0 Å². The standard InChI is InChI=1S/C22H15N7S/c23-15-7-14(9-24-10-15)12-1-2-18-17(8-12)20(29-28-18)22-26-19-16(13-4-6-30-11-13)3-5-25-21(19)27-22/h1-11H,23H2,(H,28,29)(H,25,26,27). The van der Waals surface area contributed by atoms with Gasteiger partial charge in [-0.2, -0.15) is 16.4 Å². The SMILES string of the molecule is Nc1cncc(-c2ccc3[nH]nc(-c4nc5nccc(-c6ccsc6)c5[nH]4)c3c2)c1. The van der Waals surface area contributed by atoms with Gasteiger partial charge in [0.15, 0.2) is 11.5 Å². The van der Waals surface area contributed by atoms with E-state index >= 15 is 0 Å². The predicted octanol–water partition coefficient (Wildman–Crippen LogP) is 4.87. The van der Waals surface area contributed by atoms with Gasteiger partial charge in [-0.05, 0) is 52.2 Å². The summed E-state index contributed by atoms with van der Waals surface area (Å²) in [6.45, 7) is 0. The van der Waals surface area contributed by atoms with Crippen LogP contribution in [0, 0.1) is 0 Å². The monoisotopic (exact) mass is 409 g/mol. The first-order chi connectivity index (χ1) is 14.8. The molecule has 0 aliphatic rings. The Labute approximate surface area is 174 Å². The van der Waals surface area contributed by atoms with Crippen molar-refractivity contribution < 1.29 is 0 Å². The van der Waals surface area contributed by atoms with Crippen molar-refractivity contribution in [2.24, 2.45) is 0 Å². The maximum atomic E-state index is 5.90. The highest BCUT2D eigenvalue weighted by Gasteiger charge is 2.16. The van der Waals surface area contributed by atoms with E-state index in [1.807, 2.05) is 24.3 Å². The lowest BCUT2D eigenvalue weighted by atomic mass is 10.0. The maximum absolute atomic E-state index is 5.90. The van der Waals surface area contributed by atoms with Gasteiger partial charge < -0.3 is 10.7 Å². The summed E-state index contributed by atoms with van der Waals surface area (Å²) in [4.78, 5) is 16.8. The van der Waals surface area contributed by atoms with Crippen molar-refractivity contribution in [1.29, 1.82) is 0 Å². The molecule has 0 spiro atoms. The lowest BCUT2D eigenvalue weighted by Crippen LogP contribution is -1.88. The van der Waals surface area contributed by atoms with Crippen LogP contribution >= 0.6 is 11.3 Å². The molecule has 0 unspecified atom stereocenters. The van der Waals surface area contributed by atoms with Crippen LogP contribution in [0.4, 0.5) is 5.69 Å². The number of hydrogen-bond donors (Lipinski definition) is 3. The topological polar surface area (TPSA) is 109 Å². The number of benzene rings is 1. The number of hydrogen-bond acceptors (Lipinski definition) is 6. The minimum Gasteiger partial charge on any atom is -0.397 e. The van der Waals surface area contributed by atoms with Gasteiger partial charge in [-0.3, -0.25) is 10.1 Å². The molecule has 6 rings (SSSR count). The van der Waals surface area contributed by atoms with Crippen LogP contribution in [-0.4, -0.2) is 30.1 Å². The number of fused-ring (bicyclic) bond motifs is 2. The van der Waals surface area contributed by atoms with Crippen LogP contribution in [0.5, 0.6) is 0 Å². The molecule has 30 heavy (non-hydrogen) atoms. The molecule has 0 saturated heterocycles. The molecule has 144 valence electrons. The largest absolute Gasteiger partial charge is 0.397 e. The zero-order valence-electron chi connectivity index (χ0n) is 15.6. The number of thiophene rings is 1. The lowest BCUT2D eigenvalue weighted by Gasteiger charge is -2.03. The molecule has 8 heteroatoms. The van der Waals surface area contributed by atoms with Gasteiger partial charge in [-0.25, -0.2) is 9.97 Å². The molecule has 0 aliphatic carbocycles. The highest BCUT2D eigenvalue weighted by molar-refractivity contribution is 7.08. The summed E-state index contributed by atoms with van der Waals surface area (Å²) in [5.41, 5.74) is 14.0. The highest BCUT2D eigenvalue weighted by Crippen LogP contribution is 2.33. The molecule has 5 heterocycles. The van der Waals surface area contributed by atoms with Crippen molar-refractivity contribution in [2.45, 2.75) is 0 Å². The Balaban J connectivity index is 1.52. The molecule has 0 fully saturated rings. The van der Waals surface area contributed by atoms with Gasteiger partial charge in [0.05, 0.1) is 16.7 Å². The molecule has 0 aliphatic heterocycles. The first-order valence-corrected chi connectivity index (χ1v) is 10.3. The number of nitrogens with two attached hydrogens (primary N) is 1. The second kappa shape index (κ2) is 6.50. The third-order valence-electron chi connectivity index (χ3n) is 5.10. The second-order valence-corrected chi connectivity index (χ2v) is 7.77. The van der Waals surface area contributed by atoms with Crippen molar-refractivity contribution >= 4 is 39.1 Å². The number of nitrogen functional groups attached to an aromatic ring is 1. The van der Waals surface area contributed by atoms with Crippen molar-refractivity contribution in [2.75, 3.05) is 5.73 Å². The van der Waals surface area contributed by atoms with Crippen LogP contribution in [0.2, 0.25) is 0 Å². The Hall–Kier alpha value is -4.04. The van der Waals surface area contributed by atoms with E-state index in [0.717, 1.165) is 44.4 Å². The number of imidazole rings is 1. The van der Waals surface area contributed by atoms with Gasteiger partial charge in [0, 0.05) is 35.1 Å². The number of aromatic nitrogens is 6. The van der Waals surface area contributed by atoms with Crippen LogP contribution in [0.15, 0.2) is 65.7 Å². The van der Waals surface area contributed by atoms with Crippen molar-refractivity contribution in [3.05, 3.63) is 65.7 Å². The zero-order valence-corrected chi connectivity index (χ0v) is 16.4. The first-order valence-electron chi connectivity index (χ1n) is 9.33. The molecular formula is C22H15N7S. The minimum atomic E-state index is 0.629. The average Bonchev–Trinajstić information content (AvgIpc) is 3.51. The molecular weight excluding hydrogens is 394 g/mol. The maximum Gasteiger partial charge on any atom is 0.178 e. The molecule has 5 aromatic heterocycles. The van der Waals surface area contributed by atoms with Crippen LogP contribution in [0.25, 0.3) is 55.8 Å². The Morgan fingerprint density at radius 3 is 2.80 bits per heavy atom. The van der Waals surface area contributed by atoms with E-state index in [1.165, 1.54) is 0 Å².